The van der Waals surface area contributed by atoms with Gasteiger partial charge >= 0.3 is 0 Å². The second-order valence-electron chi connectivity index (χ2n) is 6.66. The molecule has 1 heterocycles. The van der Waals surface area contributed by atoms with Gasteiger partial charge in [0, 0.05) is 13.0 Å². The highest BCUT2D eigenvalue weighted by Gasteiger charge is 2.20. The van der Waals surface area contributed by atoms with E-state index in [0.29, 0.717) is 26.0 Å². The minimum atomic E-state index is 0.0271. The first kappa shape index (κ1) is 19.0. The molecule has 1 aliphatic rings. The average Bonchev–Trinajstić information content (AvgIpc) is 3.14. The number of ether oxygens (including phenoxy) is 3. The largest absolute Gasteiger partial charge is 0.494 e. The highest BCUT2D eigenvalue weighted by Crippen LogP contribution is 2.34. The standard InChI is InChI=1S/C21H26N2O4/c1-23(2)18(16-10-11-19-20(13-16)27-15-26-19)14-22-21(24)9-6-12-25-17-7-4-3-5-8-17/h3-5,7-8,10-11,13,18H,6,9,12,14-15H2,1-2H3,(H,22,24). The zero-order valence-corrected chi connectivity index (χ0v) is 15.8. The number of nitrogens with zero attached hydrogens (tertiary/aromatic N) is 1. The van der Waals surface area contributed by atoms with Gasteiger partial charge in [0.1, 0.15) is 5.75 Å². The van der Waals surface area contributed by atoms with E-state index in [2.05, 4.69) is 10.2 Å². The fraction of sp³-hybridized carbons (Fsp3) is 0.381. The quantitative estimate of drug-likeness (QED) is 0.688. The second kappa shape index (κ2) is 9.28. The zero-order chi connectivity index (χ0) is 19.1. The normalized spacial score (nSPS) is 13.4. The van der Waals surface area contributed by atoms with E-state index in [0.717, 1.165) is 22.8 Å². The van der Waals surface area contributed by atoms with Crippen LogP contribution in [0.3, 0.4) is 0 Å². The zero-order valence-electron chi connectivity index (χ0n) is 15.8. The maximum Gasteiger partial charge on any atom is 0.231 e. The first-order valence-corrected chi connectivity index (χ1v) is 9.14. The summed E-state index contributed by atoms with van der Waals surface area (Å²) in [5, 5.41) is 3.02. The van der Waals surface area contributed by atoms with E-state index in [4.69, 9.17) is 14.2 Å². The van der Waals surface area contributed by atoms with Gasteiger partial charge in [-0.3, -0.25) is 4.79 Å². The third-order valence-electron chi connectivity index (χ3n) is 4.46. The van der Waals surface area contributed by atoms with E-state index in [1.54, 1.807) is 0 Å². The number of benzene rings is 2. The van der Waals surface area contributed by atoms with Crippen molar-refractivity contribution in [1.82, 2.24) is 10.2 Å². The Morgan fingerprint density at radius 1 is 1.15 bits per heavy atom. The summed E-state index contributed by atoms with van der Waals surface area (Å²) in [5.74, 6) is 2.37. The molecule has 0 aromatic heterocycles. The van der Waals surface area contributed by atoms with Gasteiger partial charge in [-0.05, 0) is 50.3 Å². The molecular formula is C21H26N2O4. The smallest absolute Gasteiger partial charge is 0.231 e. The lowest BCUT2D eigenvalue weighted by Crippen LogP contribution is -2.34. The summed E-state index contributed by atoms with van der Waals surface area (Å²) < 4.78 is 16.4. The number of carbonyl (C=O) groups excluding carboxylic acids is 1. The predicted octanol–water partition coefficient (Wildman–Crippen LogP) is 2.99. The molecule has 2 aromatic carbocycles. The van der Waals surface area contributed by atoms with Crippen molar-refractivity contribution in [3.05, 3.63) is 54.1 Å². The van der Waals surface area contributed by atoms with Gasteiger partial charge in [0.25, 0.3) is 0 Å². The van der Waals surface area contributed by atoms with Crippen LogP contribution in [0, 0.1) is 0 Å². The Kier molecular flexibility index (Phi) is 6.54. The molecule has 27 heavy (non-hydrogen) atoms. The first-order valence-electron chi connectivity index (χ1n) is 9.14. The Labute approximate surface area is 160 Å². The highest BCUT2D eigenvalue weighted by molar-refractivity contribution is 5.75. The lowest BCUT2D eigenvalue weighted by Gasteiger charge is -2.25. The number of para-hydroxylation sites is 1. The molecule has 0 spiro atoms. The molecule has 0 fully saturated rings. The maximum absolute atomic E-state index is 12.2. The van der Waals surface area contributed by atoms with Crippen molar-refractivity contribution in [2.75, 3.05) is 34.0 Å². The Bertz CT molecular complexity index is 749. The summed E-state index contributed by atoms with van der Waals surface area (Å²) in [5.41, 5.74) is 1.08. The van der Waals surface area contributed by atoms with Crippen LogP contribution in [-0.4, -0.2) is 44.8 Å². The van der Waals surface area contributed by atoms with Gasteiger partial charge < -0.3 is 24.4 Å². The van der Waals surface area contributed by atoms with E-state index < -0.39 is 0 Å². The van der Waals surface area contributed by atoms with Gasteiger partial charge in [-0.1, -0.05) is 24.3 Å². The van der Waals surface area contributed by atoms with Gasteiger partial charge in [-0.15, -0.1) is 0 Å². The molecule has 1 aliphatic heterocycles. The molecule has 0 aliphatic carbocycles. The van der Waals surface area contributed by atoms with E-state index >= 15 is 0 Å². The van der Waals surface area contributed by atoms with Crippen LogP contribution in [0.25, 0.3) is 0 Å². The van der Waals surface area contributed by atoms with Gasteiger partial charge in [0.2, 0.25) is 12.7 Å². The summed E-state index contributed by atoms with van der Waals surface area (Å²) in [6.07, 6.45) is 1.12. The minimum absolute atomic E-state index is 0.0271. The molecule has 1 atom stereocenters. The lowest BCUT2D eigenvalue weighted by molar-refractivity contribution is -0.121. The number of carbonyl (C=O) groups is 1. The number of likely N-dealkylation sites (N-methyl/N-ethyl adjacent to an activating group) is 1. The molecule has 6 nitrogen and oxygen atoms in total. The molecule has 0 bridgehead atoms. The third kappa shape index (κ3) is 5.37. The molecule has 0 saturated carbocycles. The van der Waals surface area contributed by atoms with Crippen LogP contribution >= 0.6 is 0 Å². The van der Waals surface area contributed by atoms with Crippen LogP contribution in [0.4, 0.5) is 0 Å². The molecule has 1 unspecified atom stereocenters. The summed E-state index contributed by atoms with van der Waals surface area (Å²) in [4.78, 5) is 14.2. The first-order chi connectivity index (χ1) is 13.1. The van der Waals surface area contributed by atoms with E-state index in [-0.39, 0.29) is 18.7 Å². The Morgan fingerprint density at radius 3 is 2.70 bits per heavy atom. The fourth-order valence-electron chi connectivity index (χ4n) is 2.96. The van der Waals surface area contributed by atoms with Crippen molar-refractivity contribution in [1.29, 1.82) is 0 Å². The number of hydrogen-bond donors (Lipinski definition) is 1. The van der Waals surface area contributed by atoms with Crippen LogP contribution in [0.5, 0.6) is 17.2 Å². The lowest BCUT2D eigenvalue weighted by atomic mass is 10.0. The Hall–Kier alpha value is -2.73. The van der Waals surface area contributed by atoms with Crippen molar-refractivity contribution in [3.8, 4) is 17.2 Å². The van der Waals surface area contributed by atoms with Crippen LogP contribution in [0.1, 0.15) is 24.4 Å². The monoisotopic (exact) mass is 370 g/mol. The number of rotatable bonds is 9. The molecule has 2 aromatic rings. The predicted molar refractivity (Wildman–Crippen MR) is 103 cm³/mol. The SMILES string of the molecule is CN(C)C(CNC(=O)CCCOc1ccccc1)c1ccc2c(c1)OCO2. The van der Waals surface area contributed by atoms with Crippen LogP contribution in [0.2, 0.25) is 0 Å². The highest BCUT2D eigenvalue weighted by atomic mass is 16.7. The van der Waals surface area contributed by atoms with E-state index in [1.807, 2.05) is 62.6 Å². The molecule has 0 radical (unpaired) electrons. The molecule has 3 rings (SSSR count). The molecule has 144 valence electrons. The summed E-state index contributed by atoms with van der Waals surface area (Å²) in [6, 6.07) is 15.6. The average molecular weight is 370 g/mol. The molecule has 1 N–H and O–H groups in total. The van der Waals surface area contributed by atoms with Gasteiger partial charge in [0.15, 0.2) is 11.5 Å². The molecule has 0 saturated heterocycles. The third-order valence-corrected chi connectivity index (χ3v) is 4.46. The van der Waals surface area contributed by atoms with Crippen LogP contribution in [0.15, 0.2) is 48.5 Å². The van der Waals surface area contributed by atoms with E-state index in [9.17, 15) is 4.79 Å². The Morgan fingerprint density at radius 2 is 1.93 bits per heavy atom. The van der Waals surface area contributed by atoms with E-state index in [1.165, 1.54) is 0 Å². The number of hydrogen-bond acceptors (Lipinski definition) is 5. The summed E-state index contributed by atoms with van der Waals surface area (Å²) in [6.45, 7) is 1.31. The maximum atomic E-state index is 12.2. The minimum Gasteiger partial charge on any atom is -0.494 e. The van der Waals surface area contributed by atoms with Gasteiger partial charge in [0.05, 0.1) is 12.6 Å². The molecular weight excluding hydrogens is 344 g/mol. The Balaban J connectivity index is 1.44. The van der Waals surface area contributed by atoms with Crippen molar-refractivity contribution >= 4 is 5.91 Å². The topological polar surface area (TPSA) is 60.0 Å². The van der Waals surface area contributed by atoms with Crippen molar-refractivity contribution in [2.24, 2.45) is 0 Å². The summed E-state index contributed by atoms with van der Waals surface area (Å²) >= 11 is 0. The van der Waals surface area contributed by atoms with Gasteiger partial charge in [-0.25, -0.2) is 0 Å². The molecule has 6 heteroatoms. The van der Waals surface area contributed by atoms with Crippen LogP contribution in [-0.2, 0) is 4.79 Å². The van der Waals surface area contributed by atoms with Crippen molar-refractivity contribution < 1.29 is 19.0 Å². The number of nitrogens with one attached hydrogen (secondary N) is 1. The fourth-order valence-corrected chi connectivity index (χ4v) is 2.96. The van der Waals surface area contributed by atoms with Crippen LogP contribution < -0.4 is 19.5 Å². The number of amides is 1. The van der Waals surface area contributed by atoms with Gasteiger partial charge in [-0.2, -0.15) is 0 Å². The number of fused-ring (bicyclic) bond motifs is 1. The molecule has 1 amide bonds. The van der Waals surface area contributed by atoms with Crippen molar-refractivity contribution in [3.63, 3.8) is 0 Å². The van der Waals surface area contributed by atoms with Crippen molar-refractivity contribution in [2.45, 2.75) is 18.9 Å². The second-order valence-corrected chi connectivity index (χ2v) is 6.66. The summed E-state index contributed by atoms with van der Waals surface area (Å²) in [7, 11) is 3.99.